The zero-order chi connectivity index (χ0) is 24.3. The lowest BCUT2D eigenvalue weighted by Gasteiger charge is -2.23. The van der Waals surface area contributed by atoms with Gasteiger partial charge in [-0.05, 0) is 79.6 Å². The van der Waals surface area contributed by atoms with Crippen LogP contribution in [0.4, 0.5) is 10.1 Å². The Bertz CT molecular complexity index is 1290. The second kappa shape index (κ2) is 9.97. The van der Waals surface area contributed by atoms with Crippen LogP contribution in [-0.2, 0) is 29.4 Å². The van der Waals surface area contributed by atoms with Crippen LogP contribution in [0.2, 0.25) is 0 Å². The quantitative estimate of drug-likeness (QED) is 0.508. The molecular weight excluding hydrogens is 451 g/mol. The Balaban J connectivity index is 1.48. The fourth-order valence-corrected chi connectivity index (χ4v) is 5.22. The smallest absolute Gasteiger partial charge is 0.251 e. The van der Waals surface area contributed by atoms with Crippen LogP contribution in [0.3, 0.4) is 0 Å². The molecule has 0 aromatic heterocycles. The molecular formula is C27H29FN2O3S. The molecule has 1 aliphatic rings. The number of hydrogen-bond donors (Lipinski definition) is 1. The summed E-state index contributed by atoms with van der Waals surface area (Å²) < 4.78 is 40.0. The van der Waals surface area contributed by atoms with Gasteiger partial charge < -0.3 is 5.32 Å². The average molecular weight is 481 g/mol. The number of rotatable bonds is 7. The number of aryl methyl sites for hydroxylation is 2. The van der Waals surface area contributed by atoms with Crippen LogP contribution in [0.25, 0.3) is 0 Å². The van der Waals surface area contributed by atoms with Gasteiger partial charge >= 0.3 is 0 Å². The highest BCUT2D eigenvalue weighted by atomic mass is 32.2. The van der Waals surface area contributed by atoms with E-state index in [0.717, 1.165) is 29.0 Å². The minimum absolute atomic E-state index is 0.133. The van der Waals surface area contributed by atoms with Gasteiger partial charge in [0, 0.05) is 11.1 Å². The summed E-state index contributed by atoms with van der Waals surface area (Å²) in [6.45, 7) is 1.82. The maximum absolute atomic E-state index is 14.1. The molecule has 0 bridgehead atoms. The Morgan fingerprint density at radius 3 is 2.35 bits per heavy atom. The zero-order valence-corrected chi connectivity index (χ0v) is 20.2. The molecule has 0 aliphatic heterocycles. The predicted molar refractivity (Wildman–Crippen MR) is 133 cm³/mol. The standard InChI is InChI=1S/C27H29FN2O3S/c1-19(22-12-11-20-7-3-4-8-23(20)17-22)29-27(31)21-13-15-25(16-14-21)30(34(2,32)33)18-24-9-5-6-10-26(24)28/h5-6,9-17,19H,3-4,7-8,18H2,1-2H3,(H,29,31)/t19-/m0/s1. The van der Waals surface area contributed by atoms with Crippen molar-refractivity contribution in [2.24, 2.45) is 0 Å². The molecule has 4 rings (SSSR count). The molecule has 1 amide bonds. The van der Waals surface area contributed by atoms with E-state index in [-0.39, 0.29) is 24.1 Å². The first-order valence-corrected chi connectivity index (χ1v) is 13.3. The minimum atomic E-state index is -3.66. The van der Waals surface area contributed by atoms with Gasteiger partial charge in [-0.15, -0.1) is 0 Å². The monoisotopic (exact) mass is 480 g/mol. The Morgan fingerprint density at radius 2 is 1.68 bits per heavy atom. The van der Waals surface area contributed by atoms with E-state index in [9.17, 15) is 17.6 Å². The predicted octanol–water partition coefficient (Wildman–Crippen LogP) is 5.16. The van der Waals surface area contributed by atoms with E-state index in [0.29, 0.717) is 11.3 Å². The maximum Gasteiger partial charge on any atom is 0.251 e. The zero-order valence-electron chi connectivity index (χ0n) is 19.4. The highest BCUT2D eigenvalue weighted by Gasteiger charge is 2.20. The van der Waals surface area contributed by atoms with E-state index in [2.05, 4.69) is 23.5 Å². The summed E-state index contributed by atoms with van der Waals surface area (Å²) >= 11 is 0. The van der Waals surface area contributed by atoms with Gasteiger partial charge in [0.1, 0.15) is 5.82 Å². The molecule has 7 heteroatoms. The van der Waals surface area contributed by atoms with Crippen LogP contribution in [-0.4, -0.2) is 20.6 Å². The van der Waals surface area contributed by atoms with E-state index >= 15 is 0 Å². The van der Waals surface area contributed by atoms with Crippen LogP contribution >= 0.6 is 0 Å². The van der Waals surface area contributed by atoms with Crippen LogP contribution in [0.5, 0.6) is 0 Å². The van der Waals surface area contributed by atoms with Crippen molar-refractivity contribution >= 4 is 21.6 Å². The summed E-state index contributed by atoms with van der Waals surface area (Å²) in [6, 6.07) is 18.7. The number of halogens is 1. The number of hydrogen-bond acceptors (Lipinski definition) is 3. The molecule has 0 spiro atoms. The van der Waals surface area contributed by atoms with Crippen LogP contribution in [0.1, 0.15) is 58.4 Å². The lowest BCUT2D eigenvalue weighted by atomic mass is 9.89. The van der Waals surface area contributed by atoms with Gasteiger partial charge in [0.05, 0.1) is 24.5 Å². The SMILES string of the molecule is C[C@H](NC(=O)c1ccc(N(Cc2ccccc2F)S(C)(=O)=O)cc1)c1ccc2c(c1)CCCC2. The number of carbonyl (C=O) groups is 1. The van der Waals surface area contributed by atoms with E-state index in [4.69, 9.17) is 0 Å². The molecule has 1 N–H and O–H groups in total. The van der Waals surface area contributed by atoms with Gasteiger partial charge in [0.2, 0.25) is 10.0 Å². The summed E-state index contributed by atoms with van der Waals surface area (Å²) in [6.07, 6.45) is 5.70. The van der Waals surface area contributed by atoms with Crippen molar-refractivity contribution in [3.63, 3.8) is 0 Å². The molecule has 5 nitrogen and oxygen atoms in total. The number of amides is 1. The first kappa shape index (κ1) is 24.0. The maximum atomic E-state index is 14.1. The summed E-state index contributed by atoms with van der Waals surface area (Å²) in [4.78, 5) is 12.8. The molecule has 3 aromatic carbocycles. The largest absolute Gasteiger partial charge is 0.346 e. The third-order valence-electron chi connectivity index (χ3n) is 6.31. The number of anilines is 1. The van der Waals surface area contributed by atoms with Crippen LogP contribution < -0.4 is 9.62 Å². The average Bonchev–Trinajstić information content (AvgIpc) is 2.82. The molecule has 0 radical (unpaired) electrons. The second-order valence-electron chi connectivity index (χ2n) is 8.84. The summed E-state index contributed by atoms with van der Waals surface area (Å²) in [5.41, 5.74) is 4.89. The number of fused-ring (bicyclic) bond motifs is 1. The fraction of sp³-hybridized carbons (Fsp3) is 0.296. The van der Waals surface area contributed by atoms with E-state index in [1.165, 1.54) is 30.0 Å². The first-order valence-electron chi connectivity index (χ1n) is 11.5. The molecule has 178 valence electrons. The molecule has 1 atom stereocenters. The van der Waals surface area contributed by atoms with E-state index in [1.807, 2.05) is 6.92 Å². The van der Waals surface area contributed by atoms with E-state index < -0.39 is 15.8 Å². The summed E-state index contributed by atoms with van der Waals surface area (Å²) in [5, 5.41) is 3.03. The summed E-state index contributed by atoms with van der Waals surface area (Å²) in [7, 11) is -3.66. The van der Waals surface area contributed by atoms with Crippen molar-refractivity contribution in [2.75, 3.05) is 10.6 Å². The molecule has 0 fully saturated rings. The van der Waals surface area contributed by atoms with Gasteiger partial charge in [0.15, 0.2) is 0 Å². The lowest BCUT2D eigenvalue weighted by molar-refractivity contribution is 0.0940. The Labute approximate surface area is 200 Å². The van der Waals surface area contributed by atoms with Gasteiger partial charge in [-0.2, -0.15) is 0 Å². The number of carbonyl (C=O) groups excluding carboxylic acids is 1. The first-order chi connectivity index (χ1) is 16.2. The third-order valence-corrected chi connectivity index (χ3v) is 7.45. The molecule has 0 saturated heterocycles. The molecule has 1 aliphatic carbocycles. The number of sulfonamides is 1. The number of nitrogens with one attached hydrogen (secondary N) is 1. The molecule has 34 heavy (non-hydrogen) atoms. The second-order valence-corrected chi connectivity index (χ2v) is 10.7. The molecule has 0 unspecified atom stereocenters. The van der Waals surface area contributed by atoms with Crippen LogP contribution in [0, 0.1) is 5.82 Å². The molecule has 0 heterocycles. The van der Waals surface area contributed by atoms with Gasteiger partial charge in [0.25, 0.3) is 5.91 Å². The van der Waals surface area contributed by atoms with Crippen molar-refractivity contribution in [3.8, 4) is 0 Å². The highest BCUT2D eigenvalue weighted by molar-refractivity contribution is 7.92. The van der Waals surface area contributed by atoms with E-state index in [1.54, 1.807) is 42.5 Å². The van der Waals surface area contributed by atoms with Crippen molar-refractivity contribution in [1.82, 2.24) is 5.32 Å². The topological polar surface area (TPSA) is 66.5 Å². The Kier molecular flexibility index (Phi) is 7.03. The third kappa shape index (κ3) is 5.47. The number of nitrogens with zero attached hydrogens (tertiary/aromatic N) is 1. The van der Waals surface area contributed by atoms with Crippen molar-refractivity contribution in [3.05, 3.63) is 100 Å². The van der Waals surface area contributed by atoms with Gasteiger partial charge in [-0.25, -0.2) is 12.8 Å². The fourth-order valence-electron chi connectivity index (χ4n) is 4.35. The molecule has 3 aromatic rings. The highest BCUT2D eigenvalue weighted by Crippen LogP contribution is 2.26. The van der Waals surface area contributed by atoms with Crippen molar-refractivity contribution in [2.45, 2.75) is 45.2 Å². The lowest BCUT2D eigenvalue weighted by Crippen LogP contribution is -2.30. The van der Waals surface area contributed by atoms with Crippen molar-refractivity contribution in [1.29, 1.82) is 0 Å². The normalized spacial score (nSPS) is 14.2. The van der Waals surface area contributed by atoms with Gasteiger partial charge in [-0.3, -0.25) is 9.10 Å². The van der Waals surface area contributed by atoms with Crippen molar-refractivity contribution < 1.29 is 17.6 Å². The van der Waals surface area contributed by atoms with Gasteiger partial charge in [-0.1, -0.05) is 36.4 Å². The Morgan fingerprint density at radius 1 is 1.00 bits per heavy atom. The summed E-state index contributed by atoms with van der Waals surface area (Å²) in [5.74, 6) is -0.708. The number of benzene rings is 3. The minimum Gasteiger partial charge on any atom is -0.346 e. The van der Waals surface area contributed by atoms with Crippen LogP contribution in [0.15, 0.2) is 66.7 Å². The Hall–Kier alpha value is -3.19. The molecule has 0 saturated carbocycles.